The maximum atomic E-state index is 6.07. The van der Waals surface area contributed by atoms with Crippen molar-refractivity contribution in [1.82, 2.24) is 0 Å². The standard InChI is InChI=1S/C22H30O/c1-17(18-10-8-7-9-11-18)23-20-14-12-19(13-15-20)22(5,6)16-21(2,3)4/h7-15,17H,16H2,1-6H3. The van der Waals surface area contributed by atoms with Crippen LogP contribution in [0.1, 0.15) is 65.2 Å². The third kappa shape index (κ3) is 5.13. The Kier molecular flexibility index (Phi) is 5.19. The zero-order valence-corrected chi connectivity index (χ0v) is 15.4. The second kappa shape index (κ2) is 6.78. The molecule has 1 atom stereocenters. The summed E-state index contributed by atoms with van der Waals surface area (Å²) in [5, 5.41) is 0. The van der Waals surface area contributed by atoms with Crippen LogP contribution in [0.4, 0.5) is 0 Å². The molecular weight excluding hydrogens is 280 g/mol. The van der Waals surface area contributed by atoms with E-state index >= 15 is 0 Å². The highest BCUT2D eigenvalue weighted by Crippen LogP contribution is 2.37. The van der Waals surface area contributed by atoms with Gasteiger partial charge >= 0.3 is 0 Å². The molecule has 0 N–H and O–H groups in total. The molecule has 0 aliphatic heterocycles. The average Bonchev–Trinajstić information content (AvgIpc) is 2.46. The predicted molar refractivity (Wildman–Crippen MR) is 99.0 cm³/mol. The summed E-state index contributed by atoms with van der Waals surface area (Å²) in [7, 11) is 0. The van der Waals surface area contributed by atoms with E-state index in [2.05, 4.69) is 77.9 Å². The second-order valence-electron chi connectivity index (χ2n) is 8.32. The largest absolute Gasteiger partial charge is 0.486 e. The molecule has 0 spiro atoms. The molecule has 23 heavy (non-hydrogen) atoms. The molecule has 0 fully saturated rings. The van der Waals surface area contributed by atoms with Gasteiger partial charge < -0.3 is 4.74 Å². The minimum atomic E-state index is 0.0598. The molecule has 1 nitrogen and oxygen atoms in total. The fraction of sp³-hybridized carbons (Fsp3) is 0.455. The molecule has 2 aromatic carbocycles. The van der Waals surface area contributed by atoms with Crippen molar-refractivity contribution in [3.63, 3.8) is 0 Å². The Morgan fingerprint density at radius 1 is 0.826 bits per heavy atom. The zero-order chi connectivity index (χ0) is 17.1. The lowest BCUT2D eigenvalue weighted by Gasteiger charge is -2.33. The Morgan fingerprint density at radius 3 is 1.91 bits per heavy atom. The molecule has 124 valence electrons. The summed E-state index contributed by atoms with van der Waals surface area (Å²) in [6, 6.07) is 18.9. The highest BCUT2D eigenvalue weighted by molar-refractivity contribution is 5.32. The molecule has 0 saturated heterocycles. The fourth-order valence-corrected chi connectivity index (χ4v) is 3.41. The van der Waals surface area contributed by atoms with Crippen molar-refractivity contribution in [3.8, 4) is 5.75 Å². The molecule has 0 aliphatic rings. The monoisotopic (exact) mass is 310 g/mol. The molecule has 0 saturated carbocycles. The number of hydrogen-bond acceptors (Lipinski definition) is 1. The third-order valence-electron chi connectivity index (χ3n) is 4.19. The van der Waals surface area contributed by atoms with Crippen LogP contribution in [0.2, 0.25) is 0 Å². The van der Waals surface area contributed by atoms with E-state index in [1.165, 1.54) is 11.1 Å². The first-order valence-corrected chi connectivity index (χ1v) is 8.50. The van der Waals surface area contributed by atoms with E-state index in [1.807, 2.05) is 18.2 Å². The Morgan fingerprint density at radius 2 is 1.39 bits per heavy atom. The SMILES string of the molecule is CC(Oc1ccc(C(C)(C)CC(C)(C)C)cc1)c1ccccc1. The quantitative estimate of drug-likeness (QED) is 0.609. The van der Waals surface area contributed by atoms with Gasteiger partial charge in [-0.05, 0) is 47.4 Å². The van der Waals surface area contributed by atoms with Crippen LogP contribution in [0.15, 0.2) is 54.6 Å². The summed E-state index contributed by atoms with van der Waals surface area (Å²) in [6.45, 7) is 13.6. The van der Waals surface area contributed by atoms with Crippen molar-refractivity contribution < 1.29 is 4.74 Å². The number of ether oxygens (including phenoxy) is 1. The van der Waals surface area contributed by atoms with E-state index in [9.17, 15) is 0 Å². The molecule has 0 aromatic heterocycles. The van der Waals surface area contributed by atoms with Crippen molar-refractivity contribution in [2.24, 2.45) is 5.41 Å². The van der Waals surface area contributed by atoms with Gasteiger partial charge in [0.05, 0.1) is 0 Å². The van der Waals surface area contributed by atoms with Crippen molar-refractivity contribution in [2.75, 3.05) is 0 Å². The van der Waals surface area contributed by atoms with E-state index in [-0.39, 0.29) is 11.5 Å². The van der Waals surface area contributed by atoms with Gasteiger partial charge in [-0.1, -0.05) is 77.1 Å². The smallest absolute Gasteiger partial charge is 0.121 e. The van der Waals surface area contributed by atoms with Crippen LogP contribution < -0.4 is 4.74 Å². The van der Waals surface area contributed by atoms with Gasteiger partial charge in [0.1, 0.15) is 11.9 Å². The number of benzene rings is 2. The summed E-state index contributed by atoms with van der Waals surface area (Å²) >= 11 is 0. The van der Waals surface area contributed by atoms with Crippen LogP contribution in [-0.4, -0.2) is 0 Å². The van der Waals surface area contributed by atoms with E-state index in [0.717, 1.165) is 12.2 Å². The lowest BCUT2D eigenvalue weighted by Crippen LogP contribution is -2.24. The fourth-order valence-electron chi connectivity index (χ4n) is 3.41. The van der Waals surface area contributed by atoms with E-state index in [0.29, 0.717) is 5.41 Å². The topological polar surface area (TPSA) is 9.23 Å². The van der Waals surface area contributed by atoms with Gasteiger partial charge in [-0.15, -0.1) is 0 Å². The Hall–Kier alpha value is -1.76. The summed E-state index contributed by atoms with van der Waals surface area (Å²) in [4.78, 5) is 0. The van der Waals surface area contributed by atoms with Crippen molar-refractivity contribution in [1.29, 1.82) is 0 Å². The molecule has 2 aromatic rings. The van der Waals surface area contributed by atoms with Gasteiger partial charge in [0.25, 0.3) is 0 Å². The maximum Gasteiger partial charge on any atom is 0.121 e. The molecule has 2 rings (SSSR count). The van der Waals surface area contributed by atoms with E-state index in [4.69, 9.17) is 4.74 Å². The number of hydrogen-bond donors (Lipinski definition) is 0. The highest BCUT2D eigenvalue weighted by Gasteiger charge is 2.27. The molecule has 0 aliphatic carbocycles. The molecule has 0 heterocycles. The molecule has 1 unspecified atom stereocenters. The number of rotatable bonds is 5. The first-order chi connectivity index (χ1) is 10.7. The molecule has 0 bridgehead atoms. The summed E-state index contributed by atoms with van der Waals surface area (Å²) in [5.41, 5.74) is 3.05. The summed E-state index contributed by atoms with van der Waals surface area (Å²) < 4.78 is 6.07. The normalized spacial score (nSPS) is 13.7. The second-order valence-corrected chi connectivity index (χ2v) is 8.32. The Bertz CT molecular complexity index is 603. The molecule has 1 heteroatoms. The lowest BCUT2D eigenvalue weighted by molar-refractivity contribution is 0.226. The molecular formula is C22H30O. The van der Waals surface area contributed by atoms with Gasteiger partial charge in [-0.2, -0.15) is 0 Å². The molecule has 0 amide bonds. The van der Waals surface area contributed by atoms with Crippen LogP contribution in [0.25, 0.3) is 0 Å². The van der Waals surface area contributed by atoms with Gasteiger partial charge in [-0.25, -0.2) is 0 Å². The van der Waals surface area contributed by atoms with Crippen molar-refractivity contribution in [3.05, 3.63) is 65.7 Å². The van der Waals surface area contributed by atoms with Crippen molar-refractivity contribution >= 4 is 0 Å². The minimum Gasteiger partial charge on any atom is -0.486 e. The lowest BCUT2D eigenvalue weighted by atomic mass is 9.72. The van der Waals surface area contributed by atoms with Crippen molar-refractivity contribution in [2.45, 2.75) is 59.5 Å². The average molecular weight is 310 g/mol. The Labute approximate surface area is 141 Å². The van der Waals surface area contributed by atoms with E-state index < -0.39 is 0 Å². The highest BCUT2D eigenvalue weighted by atomic mass is 16.5. The predicted octanol–water partition coefficient (Wildman–Crippen LogP) is 6.54. The van der Waals surface area contributed by atoms with Crippen LogP contribution in [-0.2, 0) is 5.41 Å². The minimum absolute atomic E-state index is 0.0598. The zero-order valence-electron chi connectivity index (χ0n) is 15.4. The van der Waals surface area contributed by atoms with Crippen LogP contribution >= 0.6 is 0 Å². The van der Waals surface area contributed by atoms with Crippen LogP contribution in [0.3, 0.4) is 0 Å². The molecule has 0 radical (unpaired) electrons. The summed E-state index contributed by atoms with van der Waals surface area (Å²) in [6.07, 6.45) is 1.21. The van der Waals surface area contributed by atoms with Gasteiger partial charge in [0.2, 0.25) is 0 Å². The Balaban J connectivity index is 2.08. The van der Waals surface area contributed by atoms with Crippen LogP contribution in [0.5, 0.6) is 5.75 Å². The van der Waals surface area contributed by atoms with Crippen LogP contribution in [0, 0.1) is 5.41 Å². The summed E-state index contributed by atoms with van der Waals surface area (Å²) in [5.74, 6) is 0.927. The van der Waals surface area contributed by atoms with Gasteiger partial charge in [0.15, 0.2) is 0 Å². The third-order valence-corrected chi connectivity index (χ3v) is 4.19. The maximum absolute atomic E-state index is 6.07. The van der Waals surface area contributed by atoms with Gasteiger partial charge in [0, 0.05) is 0 Å². The van der Waals surface area contributed by atoms with E-state index in [1.54, 1.807) is 0 Å². The first-order valence-electron chi connectivity index (χ1n) is 8.50. The van der Waals surface area contributed by atoms with Gasteiger partial charge in [-0.3, -0.25) is 0 Å². The first kappa shape index (κ1) is 17.6.